The fourth-order valence-electron chi connectivity index (χ4n) is 2.45. The standard InChI is InChI=1S/C14H18F2N2O2/c1-9-7-18(8-10(2)17-9)13(19)11-3-5-12(6-4-11)20-14(15)16/h3-6,9-10,14,17H,7-8H2,1-2H3. The number of benzene rings is 1. The number of amides is 1. The van der Waals surface area contributed by atoms with Gasteiger partial charge in [-0.3, -0.25) is 4.79 Å². The van der Waals surface area contributed by atoms with Crippen molar-refractivity contribution < 1.29 is 18.3 Å². The molecule has 2 atom stereocenters. The summed E-state index contributed by atoms with van der Waals surface area (Å²) >= 11 is 0. The molecule has 0 bridgehead atoms. The van der Waals surface area contributed by atoms with Gasteiger partial charge in [-0.25, -0.2) is 0 Å². The first kappa shape index (κ1) is 14.7. The van der Waals surface area contributed by atoms with E-state index in [4.69, 9.17) is 0 Å². The highest BCUT2D eigenvalue weighted by molar-refractivity contribution is 5.94. The predicted octanol–water partition coefficient (Wildman–Crippen LogP) is 2.11. The molecule has 1 aromatic rings. The molecule has 1 aliphatic heterocycles. The molecule has 1 N–H and O–H groups in total. The normalized spacial score (nSPS) is 22.9. The highest BCUT2D eigenvalue weighted by atomic mass is 19.3. The number of alkyl halides is 2. The summed E-state index contributed by atoms with van der Waals surface area (Å²) in [7, 11) is 0. The number of nitrogens with one attached hydrogen (secondary N) is 1. The van der Waals surface area contributed by atoms with Crippen LogP contribution in [0.15, 0.2) is 24.3 Å². The highest BCUT2D eigenvalue weighted by Gasteiger charge is 2.25. The van der Waals surface area contributed by atoms with Crippen molar-refractivity contribution in [2.24, 2.45) is 0 Å². The first-order chi connectivity index (χ1) is 9.45. The molecule has 0 radical (unpaired) electrons. The molecule has 1 amide bonds. The minimum absolute atomic E-state index is 0.0543. The lowest BCUT2D eigenvalue weighted by atomic mass is 10.1. The van der Waals surface area contributed by atoms with Crippen molar-refractivity contribution in [1.29, 1.82) is 0 Å². The molecule has 1 saturated heterocycles. The first-order valence-electron chi connectivity index (χ1n) is 6.56. The first-order valence-corrected chi connectivity index (χ1v) is 6.56. The van der Waals surface area contributed by atoms with E-state index in [1.165, 1.54) is 24.3 Å². The fraction of sp³-hybridized carbons (Fsp3) is 0.500. The van der Waals surface area contributed by atoms with Crippen molar-refractivity contribution in [1.82, 2.24) is 10.2 Å². The number of piperazine rings is 1. The third-order valence-corrected chi connectivity index (χ3v) is 3.17. The van der Waals surface area contributed by atoms with E-state index in [1.54, 1.807) is 4.90 Å². The highest BCUT2D eigenvalue weighted by Crippen LogP contribution is 2.17. The zero-order chi connectivity index (χ0) is 14.7. The molecule has 1 heterocycles. The molecule has 0 aliphatic carbocycles. The second kappa shape index (κ2) is 6.17. The van der Waals surface area contributed by atoms with Gasteiger partial charge < -0.3 is 15.0 Å². The SMILES string of the molecule is CC1CN(C(=O)c2ccc(OC(F)F)cc2)CC(C)N1. The van der Waals surface area contributed by atoms with Crippen molar-refractivity contribution in [2.75, 3.05) is 13.1 Å². The Kier molecular flexibility index (Phi) is 4.54. The van der Waals surface area contributed by atoms with Gasteiger partial charge in [0.05, 0.1) is 0 Å². The number of hydrogen-bond donors (Lipinski definition) is 1. The van der Waals surface area contributed by atoms with Gasteiger partial charge in [0.2, 0.25) is 0 Å². The van der Waals surface area contributed by atoms with Crippen molar-refractivity contribution in [3.05, 3.63) is 29.8 Å². The maximum absolute atomic E-state index is 12.3. The molecule has 110 valence electrons. The lowest BCUT2D eigenvalue weighted by molar-refractivity contribution is -0.0498. The lowest BCUT2D eigenvalue weighted by Crippen LogP contribution is -2.55. The van der Waals surface area contributed by atoms with E-state index < -0.39 is 6.61 Å². The van der Waals surface area contributed by atoms with Gasteiger partial charge in [0.1, 0.15) is 5.75 Å². The molecular formula is C14H18F2N2O2. The summed E-state index contributed by atoms with van der Waals surface area (Å²) in [5.41, 5.74) is 0.480. The van der Waals surface area contributed by atoms with Crippen LogP contribution in [0.25, 0.3) is 0 Å². The van der Waals surface area contributed by atoms with E-state index in [2.05, 4.69) is 10.1 Å². The van der Waals surface area contributed by atoms with Crippen LogP contribution < -0.4 is 10.1 Å². The molecule has 6 heteroatoms. The van der Waals surface area contributed by atoms with Crippen LogP contribution in [0.4, 0.5) is 8.78 Å². The predicted molar refractivity (Wildman–Crippen MR) is 71.0 cm³/mol. The van der Waals surface area contributed by atoms with Gasteiger partial charge in [0.15, 0.2) is 0 Å². The average molecular weight is 284 g/mol. The van der Waals surface area contributed by atoms with Gasteiger partial charge >= 0.3 is 6.61 Å². The maximum atomic E-state index is 12.3. The Bertz CT molecular complexity index is 455. The third-order valence-electron chi connectivity index (χ3n) is 3.17. The molecule has 1 aromatic carbocycles. The number of hydrogen-bond acceptors (Lipinski definition) is 3. The van der Waals surface area contributed by atoms with E-state index in [9.17, 15) is 13.6 Å². The van der Waals surface area contributed by atoms with E-state index in [0.29, 0.717) is 18.7 Å². The summed E-state index contributed by atoms with van der Waals surface area (Å²) in [6, 6.07) is 6.27. The van der Waals surface area contributed by atoms with Crippen LogP contribution in [0.2, 0.25) is 0 Å². The number of carbonyl (C=O) groups is 1. The molecule has 0 aromatic heterocycles. The second-order valence-electron chi connectivity index (χ2n) is 5.08. The Labute approximate surface area is 116 Å². The smallest absolute Gasteiger partial charge is 0.387 e. The number of halogens is 2. The van der Waals surface area contributed by atoms with E-state index in [0.717, 1.165) is 0 Å². The van der Waals surface area contributed by atoms with Crippen LogP contribution >= 0.6 is 0 Å². The summed E-state index contributed by atoms with van der Waals surface area (Å²) in [6.07, 6.45) is 0. The average Bonchev–Trinajstić information content (AvgIpc) is 2.37. The van der Waals surface area contributed by atoms with Gasteiger partial charge in [0, 0.05) is 30.7 Å². The van der Waals surface area contributed by atoms with E-state index in [1.807, 2.05) is 13.8 Å². The molecule has 0 spiro atoms. The molecule has 1 aliphatic rings. The van der Waals surface area contributed by atoms with Crippen molar-refractivity contribution >= 4 is 5.91 Å². The fourth-order valence-corrected chi connectivity index (χ4v) is 2.45. The zero-order valence-electron chi connectivity index (χ0n) is 11.5. The Balaban J connectivity index is 2.05. The molecule has 2 unspecified atom stereocenters. The summed E-state index contributed by atoms with van der Waals surface area (Å²) in [4.78, 5) is 14.1. The number of ether oxygens (including phenoxy) is 1. The van der Waals surface area contributed by atoms with E-state index >= 15 is 0 Å². The Morgan fingerprint density at radius 2 is 1.80 bits per heavy atom. The maximum Gasteiger partial charge on any atom is 0.387 e. The Morgan fingerprint density at radius 1 is 1.25 bits per heavy atom. The zero-order valence-corrected chi connectivity index (χ0v) is 11.5. The molecular weight excluding hydrogens is 266 g/mol. The van der Waals surface area contributed by atoms with Crippen LogP contribution in [0, 0.1) is 0 Å². The van der Waals surface area contributed by atoms with Gasteiger partial charge in [-0.1, -0.05) is 0 Å². The van der Waals surface area contributed by atoms with Gasteiger partial charge in [-0.2, -0.15) is 8.78 Å². The van der Waals surface area contributed by atoms with Gasteiger partial charge in [0.25, 0.3) is 5.91 Å². The number of nitrogens with zero attached hydrogens (tertiary/aromatic N) is 1. The second-order valence-corrected chi connectivity index (χ2v) is 5.08. The molecule has 4 nitrogen and oxygen atoms in total. The van der Waals surface area contributed by atoms with E-state index in [-0.39, 0.29) is 23.7 Å². The Morgan fingerprint density at radius 3 is 2.30 bits per heavy atom. The topological polar surface area (TPSA) is 41.6 Å². The lowest BCUT2D eigenvalue weighted by Gasteiger charge is -2.36. The quantitative estimate of drug-likeness (QED) is 0.924. The summed E-state index contributed by atoms with van der Waals surface area (Å²) < 4.78 is 28.4. The number of rotatable bonds is 3. The van der Waals surface area contributed by atoms with Crippen molar-refractivity contribution in [3.8, 4) is 5.75 Å². The van der Waals surface area contributed by atoms with Crippen LogP contribution in [0.5, 0.6) is 5.75 Å². The van der Waals surface area contributed by atoms with Gasteiger partial charge in [-0.15, -0.1) is 0 Å². The number of carbonyl (C=O) groups excluding carboxylic acids is 1. The summed E-state index contributed by atoms with van der Waals surface area (Å²) in [6.45, 7) is 2.47. The monoisotopic (exact) mass is 284 g/mol. The van der Waals surface area contributed by atoms with Crippen LogP contribution in [-0.2, 0) is 0 Å². The van der Waals surface area contributed by atoms with Crippen LogP contribution in [-0.4, -0.2) is 42.6 Å². The third kappa shape index (κ3) is 3.66. The minimum atomic E-state index is -2.86. The summed E-state index contributed by atoms with van der Waals surface area (Å²) in [5, 5.41) is 3.35. The Hall–Kier alpha value is -1.69. The molecule has 20 heavy (non-hydrogen) atoms. The molecule has 0 saturated carbocycles. The summed E-state index contributed by atoms with van der Waals surface area (Å²) in [5.74, 6) is -0.0348. The van der Waals surface area contributed by atoms with Crippen LogP contribution in [0.3, 0.4) is 0 Å². The van der Waals surface area contributed by atoms with Crippen LogP contribution in [0.1, 0.15) is 24.2 Å². The van der Waals surface area contributed by atoms with Crippen molar-refractivity contribution in [2.45, 2.75) is 32.5 Å². The largest absolute Gasteiger partial charge is 0.435 e. The molecule has 2 rings (SSSR count). The van der Waals surface area contributed by atoms with Crippen molar-refractivity contribution in [3.63, 3.8) is 0 Å². The minimum Gasteiger partial charge on any atom is -0.435 e. The molecule has 1 fully saturated rings. The van der Waals surface area contributed by atoms with Gasteiger partial charge in [-0.05, 0) is 38.1 Å².